The van der Waals surface area contributed by atoms with Gasteiger partial charge in [-0.3, -0.25) is 0 Å². The van der Waals surface area contributed by atoms with Crippen LogP contribution in [0.1, 0.15) is 0 Å². The summed E-state index contributed by atoms with van der Waals surface area (Å²) in [7, 11) is 0. The summed E-state index contributed by atoms with van der Waals surface area (Å²) in [6.45, 7) is 0.394. The molecule has 0 bridgehead atoms. The van der Waals surface area contributed by atoms with Crippen LogP contribution in [0.2, 0.25) is 0 Å². The number of halogens is 4. The van der Waals surface area contributed by atoms with Gasteiger partial charge >= 0.3 is 11.3 Å². The molecule has 0 unspecified atom stereocenters. The van der Waals surface area contributed by atoms with E-state index >= 15 is 0 Å². The topological polar surface area (TPSA) is 26.3 Å². The molecule has 0 aromatic rings. The van der Waals surface area contributed by atoms with Crippen molar-refractivity contribution < 1.29 is 22.7 Å². The van der Waals surface area contributed by atoms with Crippen LogP contribution in [0.15, 0.2) is 11.9 Å². The zero-order chi connectivity index (χ0) is 8.91. The first kappa shape index (κ1) is 10.5. The summed E-state index contributed by atoms with van der Waals surface area (Å²) in [5.74, 6) is -1.70. The van der Waals surface area contributed by atoms with Gasteiger partial charge < -0.3 is 4.74 Å². The molecule has 6 heteroatoms. The van der Waals surface area contributed by atoms with Crippen LogP contribution in [0.25, 0.3) is 0 Å². The smallest absolute Gasteiger partial charge is 0.417 e. The molecule has 0 aromatic carbocycles. The molecule has 0 fully saturated rings. The van der Waals surface area contributed by atoms with Gasteiger partial charge in [-0.2, -0.15) is 8.78 Å². The second-order valence-corrected chi connectivity index (χ2v) is 2.44. The molecule has 0 aromatic heterocycles. The number of alkyl halides is 3. The third-order valence-corrected chi connectivity index (χ3v) is 1.05. The Morgan fingerprint density at radius 3 is 2.64 bits per heavy atom. The van der Waals surface area contributed by atoms with Gasteiger partial charge in [0.15, 0.2) is 5.83 Å². The number of rotatable bonds is 4. The van der Waals surface area contributed by atoms with Crippen LogP contribution in [0.4, 0.5) is 13.2 Å². The Kier molecular flexibility index (Phi) is 4.17. The lowest BCUT2D eigenvalue weighted by molar-refractivity contribution is 0.125. The fourth-order valence-electron chi connectivity index (χ4n) is 0.265. The van der Waals surface area contributed by atoms with Gasteiger partial charge in [-0.05, 0) is 22.0 Å². The molecule has 11 heavy (non-hydrogen) atoms. The predicted octanol–water partition coefficient (Wildman–Crippen LogP) is 1.91. The van der Waals surface area contributed by atoms with Crippen molar-refractivity contribution in [2.75, 3.05) is 6.61 Å². The molecular formula is C5H3BrF3O2. The maximum Gasteiger partial charge on any atom is 0.417 e. The standard InChI is InChI=1S/C5H3BrF3O2/c6-5(8,9)4(7)1-2-11-3-10/h1H,2H2. The minimum absolute atomic E-state index is 0.430. The summed E-state index contributed by atoms with van der Waals surface area (Å²) in [6.07, 6.45) is 0.430. The van der Waals surface area contributed by atoms with Gasteiger partial charge in [0.25, 0.3) is 0 Å². The summed E-state index contributed by atoms with van der Waals surface area (Å²) in [5.41, 5.74) is 0. The molecule has 0 aliphatic rings. The highest BCUT2D eigenvalue weighted by Crippen LogP contribution is 2.31. The van der Waals surface area contributed by atoms with E-state index in [1.807, 2.05) is 0 Å². The average molecular weight is 232 g/mol. The van der Waals surface area contributed by atoms with Crippen molar-refractivity contribution in [3.63, 3.8) is 0 Å². The maximum atomic E-state index is 12.1. The first-order valence-corrected chi connectivity index (χ1v) is 3.19. The van der Waals surface area contributed by atoms with Crippen molar-refractivity contribution in [3.05, 3.63) is 11.9 Å². The third kappa shape index (κ3) is 4.83. The van der Waals surface area contributed by atoms with E-state index in [1.54, 1.807) is 15.9 Å². The van der Waals surface area contributed by atoms with E-state index in [2.05, 4.69) is 4.74 Å². The SMILES string of the molecule is O=[C]OCC=C(F)C(F)(F)Br. The number of hydrogen-bond acceptors (Lipinski definition) is 2. The summed E-state index contributed by atoms with van der Waals surface area (Å²) in [4.78, 5) is 5.64. The molecule has 2 nitrogen and oxygen atoms in total. The summed E-state index contributed by atoms with van der Waals surface area (Å²) in [5, 5.41) is 0. The maximum absolute atomic E-state index is 12.1. The molecule has 0 rings (SSSR count). The number of hydrogen-bond donors (Lipinski definition) is 0. The highest BCUT2D eigenvalue weighted by Gasteiger charge is 2.30. The quantitative estimate of drug-likeness (QED) is 0.546. The highest BCUT2D eigenvalue weighted by molar-refractivity contribution is 9.10. The number of allylic oxidation sites excluding steroid dienone is 1. The Morgan fingerprint density at radius 1 is 1.73 bits per heavy atom. The number of carbonyl (C=O) groups excluding carboxylic acids is 1. The fourth-order valence-corrected chi connectivity index (χ4v) is 0.426. The molecule has 0 aliphatic heterocycles. The zero-order valence-electron chi connectivity index (χ0n) is 5.11. The van der Waals surface area contributed by atoms with Crippen LogP contribution < -0.4 is 0 Å². The summed E-state index contributed by atoms with van der Waals surface area (Å²) < 4.78 is 39.6. The zero-order valence-corrected chi connectivity index (χ0v) is 6.70. The van der Waals surface area contributed by atoms with Crippen molar-refractivity contribution in [3.8, 4) is 0 Å². The molecule has 0 aliphatic carbocycles. The van der Waals surface area contributed by atoms with E-state index in [9.17, 15) is 18.0 Å². The molecule has 0 saturated heterocycles. The van der Waals surface area contributed by atoms with Crippen molar-refractivity contribution in [1.29, 1.82) is 0 Å². The highest BCUT2D eigenvalue weighted by atomic mass is 79.9. The van der Waals surface area contributed by atoms with E-state index in [4.69, 9.17) is 0 Å². The molecule has 0 N–H and O–H groups in total. The number of ether oxygens (including phenoxy) is 1. The lowest BCUT2D eigenvalue weighted by Gasteiger charge is -2.03. The fraction of sp³-hybridized carbons (Fsp3) is 0.400. The van der Waals surface area contributed by atoms with Gasteiger partial charge in [0.2, 0.25) is 0 Å². The molecule has 1 radical (unpaired) electrons. The van der Waals surface area contributed by atoms with Crippen molar-refractivity contribution in [2.45, 2.75) is 4.83 Å². The van der Waals surface area contributed by atoms with Crippen LogP contribution >= 0.6 is 15.9 Å². The van der Waals surface area contributed by atoms with E-state index in [-0.39, 0.29) is 0 Å². The normalized spacial score (nSPS) is 12.9. The van der Waals surface area contributed by atoms with Gasteiger partial charge in [0.05, 0.1) is 0 Å². The molecule has 0 atom stereocenters. The van der Waals surface area contributed by atoms with Gasteiger partial charge in [-0.1, -0.05) is 0 Å². The van der Waals surface area contributed by atoms with E-state index in [0.717, 1.165) is 6.47 Å². The van der Waals surface area contributed by atoms with Crippen molar-refractivity contribution in [1.82, 2.24) is 0 Å². The lowest BCUT2D eigenvalue weighted by atomic mass is 10.5. The van der Waals surface area contributed by atoms with E-state index in [0.29, 0.717) is 6.08 Å². The minimum Gasteiger partial charge on any atom is -0.453 e. The largest absolute Gasteiger partial charge is 0.453 e. The first-order chi connectivity index (χ1) is 4.98. The molecule has 63 valence electrons. The molecular weight excluding hydrogens is 229 g/mol. The van der Waals surface area contributed by atoms with Crippen LogP contribution in [0, 0.1) is 0 Å². The Labute approximate surface area is 69.1 Å². The van der Waals surface area contributed by atoms with Gasteiger partial charge in [0.1, 0.15) is 6.61 Å². The second kappa shape index (κ2) is 4.38. The molecule has 0 spiro atoms. The molecule has 0 heterocycles. The second-order valence-electron chi connectivity index (χ2n) is 1.44. The first-order valence-electron chi connectivity index (χ1n) is 2.40. The van der Waals surface area contributed by atoms with Crippen molar-refractivity contribution >= 4 is 22.4 Å². The minimum atomic E-state index is -3.70. The van der Waals surface area contributed by atoms with Crippen LogP contribution in [-0.4, -0.2) is 17.9 Å². The summed E-state index contributed by atoms with van der Waals surface area (Å²) in [6, 6.07) is 0. The van der Waals surface area contributed by atoms with Crippen LogP contribution in [0.3, 0.4) is 0 Å². The predicted molar refractivity (Wildman–Crippen MR) is 34.7 cm³/mol. The van der Waals surface area contributed by atoms with Gasteiger partial charge in [-0.15, -0.1) is 0 Å². The van der Waals surface area contributed by atoms with E-state index < -0.39 is 17.3 Å². The third-order valence-electron chi connectivity index (χ3n) is 0.676. The Bertz CT molecular complexity index is 164. The Hall–Kier alpha value is -0.520. The molecule has 0 amide bonds. The lowest BCUT2D eigenvalue weighted by Crippen LogP contribution is -2.06. The van der Waals surface area contributed by atoms with Crippen LogP contribution in [0.5, 0.6) is 0 Å². The monoisotopic (exact) mass is 231 g/mol. The van der Waals surface area contributed by atoms with Crippen molar-refractivity contribution in [2.24, 2.45) is 0 Å². The molecule has 0 saturated carbocycles. The Morgan fingerprint density at radius 2 is 2.27 bits per heavy atom. The average Bonchev–Trinajstić information content (AvgIpc) is 1.86. The van der Waals surface area contributed by atoms with Crippen LogP contribution in [-0.2, 0) is 9.53 Å². The Balaban J connectivity index is 3.90. The van der Waals surface area contributed by atoms with E-state index in [1.165, 1.54) is 0 Å². The summed E-state index contributed by atoms with van der Waals surface area (Å²) >= 11 is 1.77. The van der Waals surface area contributed by atoms with Gasteiger partial charge in [0, 0.05) is 0 Å². The van der Waals surface area contributed by atoms with Gasteiger partial charge in [-0.25, -0.2) is 9.18 Å².